The zero-order chi connectivity index (χ0) is 22.7. The van der Waals surface area contributed by atoms with Crippen LogP contribution in [-0.4, -0.2) is 42.4 Å². The molecule has 0 saturated carbocycles. The smallest absolute Gasteiger partial charge is 0.235 e. The predicted octanol–water partition coefficient (Wildman–Crippen LogP) is 5.50. The summed E-state index contributed by atoms with van der Waals surface area (Å²) in [5.74, 6) is 1.17. The van der Waals surface area contributed by atoms with Gasteiger partial charge in [-0.1, -0.05) is 18.0 Å². The molecule has 1 unspecified atom stereocenters. The van der Waals surface area contributed by atoms with Crippen LogP contribution in [-0.2, 0) is 0 Å². The van der Waals surface area contributed by atoms with Crippen molar-refractivity contribution in [1.29, 1.82) is 0 Å². The van der Waals surface area contributed by atoms with Crippen molar-refractivity contribution in [3.05, 3.63) is 63.0 Å². The maximum Gasteiger partial charge on any atom is 0.235 e. The van der Waals surface area contributed by atoms with Crippen LogP contribution in [0.4, 0.5) is 0 Å². The zero-order valence-electron chi connectivity index (χ0n) is 18.8. The van der Waals surface area contributed by atoms with Crippen LogP contribution in [0.1, 0.15) is 30.4 Å². The molecule has 0 amide bonds. The molecule has 33 heavy (non-hydrogen) atoms. The van der Waals surface area contributed by atoms with Crippen molar-refractivity contribution in [3.63, 3.8) is 0 Å². The third kappa shape index (κ3) is 6.21. The molecule has 4 rings (SSSR count). The number of aliphatic hydroxyl groups excluding tert-OH is 1. The number of benzene rings is 2. The van der Waals surface area contributed by atoms with Crippen LogP contribution < -0.4 is 14.9 Å². The number of aliphatic hydroxyl groups is 1. The Labute approximate surface area is 204 Å². The van der Waals surface area contributed by atoms with E-state index < -0.39 is 6.10 Å². The van der Waals surface area contributed by atoms with E-state index in [0.717, 1.165) is 24.2 Å². The standard InChI is InChI=1S/C25H28ClNO5.ClH/c1-16-10-20(11-17(2)24(16)26)32-23-15-31-22-12-19(6-7-21(22)25(23)29)30-14-18(28)13-27-8-4-3-5-9-27;/h6-7,10-12,15,18,28H,3-5,8-9,13-14H2,1-2H3;1H. The minimum Gasteiger partial charge on any atom is -0.491 e. The van der Waals surface area contributed by atoms with Gasteiger partial charge in [0.05, 0.1) is 5.39 Å². The van der Waals surface area contributed by atoms with Crippen LogP contribution >= 0.6 is 24.0 Å². The van der Waals surface area contributed by atoms with E-state index in [4.69, 9.17) is 25.5 Å². The monoisotopic (exact) mass is 493 g/mol. The Bertz CT molecular complexity index is 1130. The first-order chi connectivity index (χ1) is 15.4. The fraction of sp³-hybridized carbons (Fsp3) is 0.400. The summed E-state index contributed by atoms with van der Waals surface area (Å²) >= 11 is 6.21. The molecule has 2 heterocycles. The molecule has 2 aromatic carbocycles. The Hall–Kier alpha value is -2.25. The molecule has 1 aliphatic heterocycles. The number of likely N-dealkylation sites (tertiary alicyclic amines) is 1. The molecular weight excluding hydrogens is 465 g/mol. The summed E-state index contributed by atoms with van der Waals surface area (Å²) in [4.78, 5) is 15.1. The largest absolute Gasteiger partial charge is 0.491 e. The highest BCUT2D eigenvalue weighted by Gasteiger charge is 2.16. The van der Waals surface area contributed by atoms with Gasteiger partial charge in [-0.05, 0) is 75.2 Å². The van der Waals surface area contributed by atoms with Gasteiger partial charge in [0.15, 0.2) is 0 Å². The molecule has 0 bridgehead atoms. The van der Waals surface area contributed by atoms with Crippen LogP contribution in [0.15, 0.2) is 45.8 Å². The Morgan fingerprint density at radius 1 is 1.09 bits per heavy atom. The first kappa shape index (κ1) is 25.4. The number of nitrogens with zero attached hydrogens (tertiary/aromatic N) is 1. The van der Waals surface area contributed by atoms with Gasteiger partial charge in [-0.25, -0.2) is 0 Å². The molecule has 1 N–H and O–H groups in total. The zero-order valence-corrected chi connectivity index (χ0v) is 20.4. The molecule has 1 aromatic heterocycles. The normalized spacial score (nSPS) is 15.2. The Balaban J connectivity index is 0.00000306. The van der Waals surface area contributed by atoms with E-state index >= 15 is 0 Å². The number of hydrogen-bond donors (Lipinski definition) is 1. The van der Waals surface area contributed by atoms with Crippen molar-refractivity contribution in [3.8, 4) is 17.2 Å². The van der Waals surface area contributed by atoms with Gasteiger partial charge >= 0.3 is 0 Å². The van der Waals surface area contributed by atoms with Gasteiger partial charge < -0.3 is 23.9 Å². The molecule has 0 aliphatic carbocycles. The minimum atomic E-state index is -0.571. The molecule has 0 radical (unpaired) electrons. The number of fused-ring (bicyclic) bond motifs is 1. The van der Waals surface area contributed by atoms with E-state index in [1.807, 2.05) is 13.8 Å². The van der Waals surface area contributed by atoms with E-state index in [2.05, 4.69) is 4.90 Å². The second-order valence-corrected chi connectivity index (χ2v) is 8.76. The lowest BCUT2D eigenvalue weighted by molar-refractivity contribution is 0.0617. The summed E-state index contributed by atoms with van der Waals surface area (Å²) in [5, 5.41) is 11.4. The average molecular weight is 494 g/mol. The van der Waals surface area contributed by atoms with Gasteiger partial charge in [0, 0.05) is 17.6 Å². The molecule has 6 nitrogen and oxygen atoms in total. The molecule has 1 aliphatic rings. The lowest BCUT2D eigenvalue weighted by Crippen LogP contribution is -2.38. The Morgan fingerprint density at radius 2 is 1.79 bits per heavy atom. The van der Waals surface area contributed by atoms with Crippen molar-refractivity contribution >= 4 is 35.0 Å². The van der Waals surface area contributed by atoms with Crippen molar-refractivity contribution < 1.29 is 19.0 Å². The van der Waals surface area contributed by atoms with E-state index in [-0.39, 0.29) is 30.2 Å². The van der Waals surface area contributed by atoms with Gasteiger partial charge in [-0.15, -0.1) is 12.4 Å². The topological polar surface area (TPSA) is 72.1 Å². The number of halogens is 2. The molecule has 3 aromatic rings. The highest BCUT2D eigenvalue weighted by Crippen LogP contribution is 2.29. The SMILES string of the molecule is Cc1cc(Oc2coc3cc(OCC(O)CN4CCCCC4)ccc3c2=O)cc(C)c1Cl.Cl. The summed E-state index contributed by atoms with van der Waals surface area (Å²) in [6.07, 6.45) is 4.36. The van der Waals surface area contributed by atoms with Crippen LogP contribution in [0, 0.1) is 13.8 Å². The number of β-amino-alcohol motifs (C(OH)–C–C–N with tert-alkyl or cyclic N) is 1. The second kappa shape index (κ2) is 11.3. The predicted molar refractivity (Wildman–Crippen MR) is 133 cm³/mol. The fourth-order valence-electron chi connectivity index (χ4n) is 4.03. The van der Waals surface area contributed by atoms with Gasteiger partial charge in [-0.2, -0.15) is 0 Å². The molecule has 1 fully saturated rings. The summed E-state index contributed by atoms with van der Waals surface area (Å²) in [7, 11) is 0. The average Bonchev–Trinajstić information content (AvgIpc) is 2.78. The van der Waals surface area contributed by atoms with E-state index in [1.54, 1.807) is 30.3 Å². The highest BCUT2D eigenvalue weighted by atomic mass is 35.5. The van der Waals surface area contributed by atoms with Gasteiger partial charge in [0.2, 0.25) is 11.2 Å². The Kier molecular flexibility index (Phi) is 8.65. The van der Waals surface area contributed by atoms with Gasteiger partial charge in [0.1, 0.15) is 36.1 Å². The number of rotatable bonds is 7. The number of hydrogen-bond acceptors (Lipinski definition) is 6. The van der Waals surface area contributed by atoms with Crippen molar-refractivity contribution in [1.82, 2.24) is 4.90 Å². The lowest BCUT2D eigenvalue weighted by Gasteiger charge is -2.28. The minimum absolute atomic E-state index is 0. The van der Waals surface area contributed by atoms with Crippen LogP contribution in [0.3, 0.4) is 0 Å². The van der Waals surface area contributed by atoms with Crippen LogP contribution in [0.2, 0.25) is 5.02 Å². The van der Waals surface area contributed by atoms with Gasteiger partial charge in [-0.3, -0.25) is 4.79 Å². The van der Waals surface area contributed by atoms with E-state index in [0.29, 0.717) is 34.0 Å². The first-order valence-corrected chi connectivity index (χ1v) is 11.3. The third-order valence-electron chi connectivity index (χ3n) is 5.71. The van der Waals surface area contributed by atoms with Crippen molar-refractivity contribution in [2.24, 2.45) is 0 Å². The molecule has 0 spiro atoms. The Morgan fingerprint density at radius 3 is 2.48 bits per heavy atom. The van der Waals surface area contributed by atoms with E-state index in [9.17, 15) is 9.90 Å². The molecular formula is C25H29Cl2NO5. The second-order valence-electron chi connectivity index (χ2n) is 8.39. The lowest BCUT2D eigenvalue weighted by atomic mass is 10.1. The molecule has 1 atom stereocenters. The highest BCUT2D eigenvalue weighted by molar-refractivity contribution is 6.32. The van der Waals surface area contributed by atoms with Crippen LogP contribution in [0.5, 0.6) is 17.2 Å². The quantitative estimate of drug-likeness (QED) is 0.468. The number of piperidine rings is 1. The maximum absolute atomic E-state index is 12.9. The third-order valence-corrected chi connectivity index (χ3v) is 6.31. The van der Waals surface area contributed by atoms with Crippen LogP contribution in [0.25, 0.3) is 11.0 Å². The van der Waals surface area contributed by atoms with Gasteiger partial charge in [0.25, 0.3) is 0 Å². The molecule has 8 heteroatoms. The molecule has 178 valence electrons. The van der Waals surface area contributed by atoms with Crippen molar-refractivity contribution in [2.45, 2.75) is 39.2 Å². The maximum atomic E-state index is 12.9. The first-order valence-electron chi connectivity index (χ1n) is 10.9. The molecule has 1 saturated heterocycles. The van der Waals surface area contributed by atoms with Crippen molar-refractivity contribution in [2.75, 3.05) is 26.2 Å². The summed E-state index contributed by atoms with van der Waals surface area (Å²) in [5.41, 5.74) is 1.87. The summed E-state index contributed by atoms with van der Waals surface area (Å²) in [6.45, 7) is 6.61. The fourth-order valence-corrected chi connectivity index (χ4v) is 4.14. The number of ether oxygens (including phenoxy) is 2. The summed E-state index contributed by atoms with van der Waals surface area (Å²) < 4.78 is 17.2. The number of aryl methyl sites for hydroxylation is 2. The van der Waals surface area contributed by atoms with E-state index in [1.165, 1.54) is 25.5 Å². The summed E-state index contributed by atoms with van der Waals surface area (Å²) in [6, 6.07) is 8.58.